The summed E-state index contributed by atoms with van der Waals surface area (Å²) in [4.78, 5) is 31.3. The fraction of sp³-hybridized carbons (Fsp3) is 0.130. The maximum Gasteiger partial charge on any atom is 0.372 e. The maximum atomic E-state index is 13.9. The molecule has 0 spiro atoms. The van der Waals surface area contributed by atoms with Crippen LogP contribution in [-0.2, 0) is 13.1 Å². The first-order valence-electron chi connectivity index (χ1n) is 9.72. The number of nitrogens with one attached hydrogen (secondary N) is 2. The van der Waals surface area contributed by atoms with Crippen LogP contribution in [0.5, 0.6) is 0 Å². The van der Waals surface area contributed by atoms with Crippen molar-refractivity contribution in [3.8, 4) is 0 Å². The molecule has 5 rings (SSSR count). The summed E-state index contributed by atoms with van der Waals surface area (Å²) < 4.78 is -0.244. The molecule has 2 N–H and O–H groups in total. The second kappa shape index (κ2) is 6.89. The van der Waals surface area contributed by atoms with Gasteiger partial charge in [0.1, 0.15) is 17.8 Å². The number of rotatable bonds is 2. The van der Waals surface area contributed by atoms with Crippen molar-refractivity contribution in [3.63, 3.8) is 0 Å². The van der Waals surface area contributed by atoms with Crippen LogP contribution in [0.2, 0.25) is 0 Å². The standard InChI is InChI=1S/C23H19N5O2/c1-15-7-9-17(10-8-15)22(29)27-28(13-18-12-25-26-20(18)14-28)23(30)19-6-2-4-16-5-3-11-24-21(16)19/h2-12H,13-14H2,1H3,(H-,25,26,27,29)/p+1. The Balaban J connectivity index is 1.57. The molecule has 4 aromatic rings. The molecule has 0 fully saturated rings. The predicted molar refractivity (Wildman–Crippen MR) is 111 cm³/mol. The van der Waals surface area contributed by atoms with Crippen molar-refractivity contribution < 1.29 is 14.2 Å². The average molecular weight is 398 g/mol. The number of hydrogen-bond donors (Lipinski definition) is 2. The van der Waals surface area contributed by atoms with Crippen molar-refractivity contribution in [2.75, 3.05) is 0 Å². The molecule has 0 aliphatic carbocycles. The van der Waals surface area contributed by atoms with Crippen LogP contribution in [0, 0.1) is 6.92 Å². The van der Waals surface area contributed by atoms with Crippen LogP contribution in [0.1, 0.15) is 37.5 Å². The molecule has 0 bridgehead atoms. The van der Waals surface area contributed by atoms with Gasteiger partial charge in [0, 0.05) is 17.1 Å². The Labute approximate surface area is 172 Å². The van der Waals surface area contributed by atoms with Crippen LogP contribution in [0.25, 0.3) is 10.9 Å². The molecule has 2 aromatic heterocycles. The number of aromatic nitrogens is 3. The Morgan fingerprint density at radius 1 is 1.03 bits per heavy atom. The van der Waals surface area contributed by atoms with Gasteiger partial charge in [-0.05, 0) is 31.2 Å². The molecule has 2 amide bonds. The van der Waals surface area contributed by atoms with Gasteiger partial charge in [0.15, 0.2) is 6.54 Å². The summed E-state index contributed by atoms with van der Waals surface area (Å²) in [5, 5.41) is 7.90. The van der Waals surface area contributed by atoms with Crippen molar-refractivity contribution in [1.82, 2.24) is 20.6 Å². The molecule has 1 aliphatic heterocycles. The van der Waals surface area contributed by atoms with Crippen LogP contribution in [0.3, 0.4) is 0 Å². The van der Waals surface area contributed by atoms with Crippen LogP contribution < -0.4 is 5.43 Å². The molecule has 1 unspecified atom stereocenters. The Morgan fingerprint density at radius 2 is 1.83 bits per heavy atom. The van der Waals surface area contributed by atoms with E-state index in [1.165, 1.54) is 0 Å². The molecule has 7 nitrogen and oxygen atoms in total. The lowest BCUT2D eigenvalue weighted by atomic mass is 10.1. The number of aryl methyl sites for hydroxylation is 1. The van der Waals surface area contributed by atoms with Crippen molar-refractivity contribution in [1.29, 1.82) is 0 Å². The van der Waals surface area contributed by atoms with Gasteiger partial charge in [-0.2, -0.15) is 10.5 Å². The first kappa shape index (κ1) is 18.2. The molecule has 148 valence electrons. The lowest BCUT2D eigenvalue weighted by Gasteiger charge is -2.30. The third kappa shape index (κ3) is 2.96. The van der Waals surface area contributed by atoms with Gasteiger partial charge in [0.25, 0.3) is 5.91 Å². The average Bonchev–Trinajstić information content (AvgIpc) is 3.33. The molecular formula is C23H20N5O2+. The van der Waals surface area contributed by atoms with E-state index in [9.17, 15) is 9.59 Å². The first-order chi connectivity index (χ1) is 14.6. The second-order valence-electron chi connectivity index (χ2n) is 7.65. The molecule has 1 atom stereocenters. The third-order valence-corrected chi connectivity index (χ3v) is 5.56. The number of fused-ring (bicyclic) bond motifs is 2. The Kier molecular flexibility index (Phi) is 4.18. The molecular weight excluding hydrogens is 378 g/mol. The quantitative estimate of drug-likeness (QED) is 0.507. The maximum absolute atomic E-state index is 13.9. The van der Waals surface area contributed by atoms with Gasteiger partial charge in [0.2, 0.25) is 0 Å². The van der Waals surface area contributed by atoms with E-state index in [1.54, 1.807) is 30.6 Å². The van der Waals surface area contributed by atoms with Crippen molar-refractivity contribution >= 4 is 22.7 Å². The number of carbonyl (C=O) groups is 2. The largest absolute Gasteiger partial charge is 0.372 e. The highest BCUT2D eigenvalue weighted by Gasteiger charge is 2.47. The Hall–Kier alpha value is -3.84. The van der Waals surface area contributed by atoms with Gasteiger partial charge in [-0.25, -0.2) is 4.79 Å². The zero-order chi connectivity index (χ0) is 20.7. The number of carbonyl (C=O) groups excluding carboxylic acids is 2. The normalized spacial score (nSPS) is 17.6. The molecule has 7 heteroatoms. The number of benzene rings is 2. The summed E-state index contributed by atoms with van der Waals surface area (Å²) in [7, 11) is 0. The number of quaternary nitrogens is 1. The minimum atomic E-state index is -0.297. The number of amides is 2. The second-order valence-corrected chi connectivity index (χ2v) is 7.65. The van der Waals surface area contributed by atoms with Crippen LogP contribution >= 0.6 is 0 Å². The Morgan fingerprint density at radius 3 is 2.63 bits per heavy atom. The molecule has 1 aliphatic rings. The molecule has 3 heterocycles. The van der Waals surface area contributed by atoms with E-state index >= 15 is 0 Å². The zero-order valence-corrected chi connectivity index (χ0v) is 16.4. The highest BCUT2D eigenvalue weighted by atomic mass is 16.2. The summed E-state index contributed by atoms with van der Waals surface area (Å²) in [6.45, 7) is 2.59. The number of nitrogens with zero attached hydrogens (tertiary/aromatic N) is 3. The van der Waals surface area contributed by atoms with E-state index in [-0.39, 0.29) is 16.4 Å². The van der Waals surface area contributed by atoms with Crippen molar-refractivity contribution in [3.05, 3.63) is 94.9 Å². The van der Waals surface area contributed by atoms with Gasteiger partial charge in [0.05, 0.1) is 17.3 Å². The monoisotopic (exact) mass is 398 g/mol. The topological polar surface area (TPSA) is 87.7 Å². The predicted octanol–water partition coefficient (Wildman–Crippen LogP) is 3.28. The van der Waals surface area contributed by atoms with E-state index < -0.39 is 0 Å². The van der Waals surface area contributed by atoms with E-state index in [0.29, 0.717) is 29.7 Å². The third-order valence-electron chi connectivity index (χ3n) is 5.56. The summed E-state index contributed by atoms with van der Waals surface area (Å²) in [5.74, 6) is -0.501. The fourth-order valence-corrected chi connectivity index (χ4v) is 3.97. The number of hydrogen-bond acceptors (Lipinski definition) is 4. The van der Waals surface area contributed by atoms with E-state index in [4.69, 9.17) is 0 Å². The SMILES string of the molecule is Cc1ccc(C(=O)N[N+]2(C(=O)c3cccc4cccnc34)Cc3cn[nH]c3C2)cc1. The zero-order valence-electron chi connectivity index (χ0n) is 16.4. The summed E-state index contributed by atoms with van der Waals surface area (Å²) in [6, 6.07) is 16.6. The molecule has 0 saturated carbocycles. The minimum Gasteiger partial charge on any atom is -0.276 e. The van der Waals surface area contributed by atoms with Crippen LogP contribution in [0.15, 0.2) is 67.0 Å². The number of para-hydroxylation sites is 1. The smallest absolute Gasteiger partial charge is 0.276 e. The van der Waals surface area contributed by atoms with E-state index in [2.05, 4.69) is 20.6 Å². The highest BCUT2D eigenvalue weighted by Crippen LogP contribution is 2.31. The number of H-pyrrole nitrogens is 1. The Bertz CT molecular complexity index is 1250. The van der Waals surface area contributed by atoms with Crippen molar-refractivity contribution in [2.24, 2.45) is 0 Å². The number of pyridine rings is 1. The van der Waals surface area contributed by atoms with Gasteiger partial charge in [-0.1, -0.05) is 35.9 Å². The van der Waals surface area contributed by atoms with Crippen LogP contribution in [-0.4, -0.2) is 31.6 Å². The van der Waals surface area contributed by atoms with E-state index in [1.807, 2.05) is 43.3 Å². The van der Waals surface area contributed by atoms with Gasteiger partial charge in [-0.3, -0.25) is 14.9 Å². The molecule has 30 heavy (non-hydrogen) atoms. The fourth-order valence-electron chi connectivity index (χ4n) is 3.97. The van der Waals surface area contributed by atoms with Crippen LogP contribution in [0.4, 0.5) is 0 Å². The van der Waals surface area contributed by atoms with Gasteiger partial charge < -0.3 is 0 Å². The summed E-state index contributed by atoms with van der Waals surface area (Å²) in [6.07, 6.45) is 3.38. The molecule has 2 aromatic carbocycles. The minimum absolute atomic E-state index is 0.204. The highest BCUT2D eigenvalue weighted by molar-refractivity contribution is 6.03. The summed E-state index contributed by atoms with van der Waals surface area (Å²) >= 11 is 0. The van der Waals surface area contributed by atoms with Gasteiger partial charge >= 0.3 is 5.91 Å². The van der Waals surface area contributed by atoms with Crippen molar-refractivity contribution in [2.45, 2.75) is 20.0 Å². The lowest BCUT2D eigenvalue weighted by Crippen LogP contribution is -2.60. The first-order valence-corrected chi connectivity index (χ1v) is 9.72. The molecule has 0 radical (unpaired) electrons. The van der Waals surface area contributed by atoms with E-state index in [0.717, 1.165) is 22.2 Å². The summed E-state index contributed by atoms with van der Waals surface area (Å²) in [5.41, 5.74) is 7.45. The van der Waals surface area contributed by atoms with Gasteiger partial charge in [-0.15, -0.1) is 4.59 Å². The molecule has 0 saturated heterocycles. The lowest BCUT2D eigenvalue weighted by molar-refractivity contribution is -0.903. The number of aromatic amines is 1.